The molecule has 2 atom stereocenters. The fourth-order valence-electron chi connectivity index (χ4n) is 4.24. The zero-order valence-corrected chi connectivity index (χ0v) is 22.3. The lowest BCUT2D eigenvalue weighted by Gasteiger charge is -2.43. The van der Waals surface area contributed by atoms with Crippen LogP contribution in [0.15, 0.2) is 41.6 Å². The highest BCUT2D eigenvalue weighted by Crippen LogP contribution is 2.37. The number of rotatable bonds is 8. The monoisotopic (exact) mass is 555 g/mol. The van der Waals surface area contributed by atoms with Gasteiger partial charge in [-0.25, -0.2) is 18.7 Å². The Balaban J connectivity index is 1.91. The van der Waals surface area contributed by atoms with Crippen molar-refractivity contribution in [3.8, 4) is 0 Å². The van der Waals surface area contributed by atoms with E-state index in [1.54, 1.807) is 32.2 Å². The summed E-state index contributed by atoms with van der Waals surface area (Å²) < 4.78 is 67.9. The molecule has 2 aromatic rings. The zero-order valence-electron chi connectivity index (χ0n) is 21.5. The Morgan fingerprint density at radius 3 is 2.68 bits per heavy atom. The Labute approximate surface area is 222 Å². The molecule has 0 aromatic carbocycles. The lowest BCUT2D eigenvalue weighted by Crippen LogP contribution is -2.57. The van der Waals surface area contributed by atoms with Gasteiger partial charge in [0.05, 0.1) is 33.7 Å². The lowest BCUT2D eigenvalue weighted by atomic mass is 9.88. The number of anilines is 1. The number of nitrogens with zero attached hydrogens (tertiary/aromatic N) is 4. The number of likely N-dealkylation sites (tertiary alicyclic amines) is 1. The minimum absolute atomic E-state index is 0.0247. The number of thiazole rings is 1. The quantitative estimate of drug-likeness (QED) is 0.285. The number of aryl methyl sites for hydroxylation is 1. The summed E-state index contributed by atoms with van der Waals surface area (Å²) in [4.78, 5) is 28.0. The van der Waals surface area contributed by atoms with E-state index in [0.29, 0.717) is 28.2 Å². The molecule has 3 heterocycles. The Bertz CT molecular complexity index is 1200. The number of alkyl halides is 5. The Hall–Kier alpha value is -3.15. The second kappa shape index (κ2) is 12.1. The van der Waals surface area contributed by atoms with Crippen LogP contribution in [0.2, 0.25) is 0 Å². The maximum atomic E-state index is 14.7. The van der Waals surface area contributed by atoms with Gasteiger partial charge in [-0.1, -0.05) is 26.0 Å². The highest BCUT2D eigenvalue weighted by molar-refractivity contribution is 7.13. The molecule has 0 aliphatic carbocycles. The standard InChI is InChI=1S/C26H30F5N5OS/c1-5-7-11-32-19(8-6-2)23-22(35-17(4)38-23)24(37)36-15-25(27,28)12-16(3)20(36)14-34-21-10-9-18(13-33-21)26(29,30)31/h5,7-11,13,16,20H,6,12,14-15H2,1-4H3,(H,33,34)/b7-5-,19-8+,32-11+. The van der Waals surface area contributed by atoms with E-state index in [1.165, 1.54) is 17.4 Å². The van der Waals surface area contributed by atoms with Crippen LogP contribution in [0.5, 0.6) is 0 Å². The van der Waals surface area contributed by atoms with Crippen LogP contribution in [0.3, 0.4) is 0 Å². The molecule has 3 rings (SSSR count). The van der Waals surface area contributed by atoms with Crippen LogP contribution < -0.4 is 5.32 Å². The summed E-state index contributed by atoms with van der Waals surface area (Å²) in [7, 11) is 0. The Morgan fingerprint density at radius 1 is 1.34 bits per heavy atom. The SMILES string of the molecule is C\C=C/C=N/C(=C/CC)c1sc(C)nc1C(=O)N1CC(F)(F)CC(C)C1CNc1ccc(C(F)(F)F)cn1. The number of hydrogen-bond acceptors (Lipinski definition) is 6. The molecular formula is C26H30F5N5OS. The van der Waals surface area contributed by atoms with Gasteiger partial charge in [0.25, 0.3) is 11.8 Å². The summed E-state index contributed by atoms with van der Waals surface area (Å²) in [6, 6.07) is 1.38. The predicted octanol–water partition coefficient (Wildman–Crippen LogP) is 6.86. The first-order valence-corrected chi connectivity index (χ1v) is 13.0. The molecule has 1 saturated heterocycles. The van der Waals surface area contributed by atoms with Crippen LogP contribution in [0.4, 0.5) is 27.8 Å². The molecule has 1 aliphatic heterocycles. The minimum Gasteiger partial charge on any atom is -0.368 e. The summed E-state index contributed by atoms with van der Waals surface area (Å²) in [6.07, 6.45) is 3.35. The molecule has 1 amide bonds. The van der Waals surface area contributed by atoms with E-state index >= 15 is 0 Å². The van der Waals surface area contributed by atoms with Crippen molar-refractivity contribution in [3.05, 3.63) is 57.7 Å². The fourth-order valence-corrected chi connectivity index (χ4v) is 5.15. The van der Waals surface area contributed by atoms with Gasteiger partial charge < -0.3 is 10.2 Å². The first kappa shape index (κ1) is 29.4. The number of piperidine rings is 1. The van der Waals surface area contributed by atoms with Gasteiger partial charge in [-0.15, -0.1) is 11.3 Å². The molecule has 6 nitrogen and oxygen atoms in total. The topological polar surface area (TPSA) is 70.5 Å². The summed E-state index contributed by atoms with van der Waals surface area (Å²) in [5, 5.41) is 3.50. The van der Waals surface area contributed by atoms with E-state index < -0.39 is 48.5 Å². The van der Waals surface area contributed by atoms with Gasteiger partial charge in [0, 0.05) is 25.4 Å². The smallest absolute Gasteiger partial charge is 0.368 e. The normalized spacial score (nSPS) is 20.4. The van der Waals surface area contributed by atoms with Gasteiger partial charge in [0.15, 0.2) is 0 Å². The third-order valence-electron chi connectivity index (χ3n) is 5.98. The molecule has 0 bridgehead atoms. The largest absolute Gasteiger partial charge is 0.417 e. The number of amides is 1. The predicted molar refractivity (Wildman–Crippen MR) is 140 cm³/mol. The lowest BCUT2D eigenvalue weighted by molar-refractivity contribution is -0.137. The first-order valence-electron chi connectivity index (χ1n) is 12.2. The number of aliphatic imine (C=N–C) groups is 1. The van der Waals surface area contributed by atoms with E-state index in [1.807, 2.05) is 19.9 Å². The van der Waals surface area contributed by atoms with Crippen molar-refractivity contribution >= 4 is 35.0 Å². The van der Waals surface area contributed by atoms with Crippen molar-refractivity contribution in [2.45, 2.75) is 58.7 Å². The molecule has 1 N–H and O–H groups in total. The number of carbonyl (C=O) groups is 1. The number of carbonyl (C=O) groups excluding carboxylic acids is 1. The van der Waals surface area contributed by atoms with Gasteiger partial charge in [-0.2, -0.15) is 13.2 Å². The van der Waals surface area contributed by atoms with E-state index in [-0.39, 0.29) is 18.1 Å². The fraction of sp³-hybridized carbons (Fsp3) is 0.462. The van der Waals surface area contributed by atoms with Crippen LogP contribution in [-0.2, 0) is 6.18 Å². The molecule has 0 saturated carbocycles. The summed E-state index contributed by atoms with van der Waals surface area (Å²) >= 11 is 1.26. The van der Waals surface area contributed by atoms with Gasteiger partial charge in [0.1, 0.15) is 11.5 Å². The maximum absolute atomic E-state index is 14.7. The zero-order chi connectivity index (χ0) is 28.1. The molecule has 206 valence electrons. The van der Waals surface area contributed by atoms with E-state index in [2.05, 4.69) is 20.3 Å². The number of nitrogens with one attached hydrogen (secondary N) is 1. The molecule has 2 aromatic heterocycles. The van der Waals surface area contributed by atoms with Crippen molar-refractivity contribution in [3.63, 3.8) is 0 Å². The molecule has 1 aliphatic rings. The van der Waals surface area contributed by atoms with Gasteiger partial charge in [-0.05, 0) is 44.4 Å². The van der Waals surface area contributed by atoms with Gasteiger partial charge in [0.2, 0.25) is 0 Å². The highest BCUT2D eigenvalue weighted by atomic mass is 32.1. The molecule has 1 fully saturated rings. The van der Waals surface area contributed by atoms with Crippen LogP contribution in [0.1, 0.15) is 59.5 Å². The summed E-state index contributed by atoms with van der Waals surface area (Å²) in [5.74, 6) is -4.21. The van der Waals surface area contributed by atoms with Crippen LogP contribution in [0.25, 0.3) is 5.70 Å². The first-order chi connectivity index (χ1) is 17.9. The van der Waals surface area contributed by atoms with Crippen LogP contribution in [-0.4, -0.2) is 52.0 Å². The number of aromatic nitrogens is 2. The van der Waals surface area contributed by atoms with E-state index in [0.717, 1.165) is 11.0 Å². The molecule has 38 heavy (non-hydrogen) atoms. The minimum atomic E-state index is -4.52. The van der Waals surface area contributed by atoms with Crippen molar-refractivity contribution in [2.75, 3.05) is 18.4 Å². The molecule has 0 spiro atoms. The maximum Gasteiger partial charge on any atom is 0.417 e. The van der Waals surface area contributed by atoms with Gasteiger partial charge >= 0.3 is 6.18 Å². The Morgan fingerprint density at radius 2 is 2.08 bits per heavy atom. The highest BCUT2D eigenvalue weighted by Gasteiger charge is 2.47. The number of halogens is 5. The summed E-state index contributed by atoms with van der Waals surface area (Å²) in [6.45, 7) is 6.34. The van der Waals surface area contributed by atoms with E-state index in [9.17, 15) is 26.7 Å². The molecule has 12 heteroatoms. The van der Waals surface area contributed by atoms with Crippen molar-refractivity contribution < 1.29 is 26.7 Å². The number of allylic oxidation sites excluding steroid dienone is 3. The summed E-state index contributed by atoms with van der Waals surface area (Å²) in [5.41, 5.74) is -0.322. The average Bonchev–Trinajstić information content (AvgIpc) is 3.23. The van der Waals surface area contributed by atoms with Crippen LogP contribution >= 0.6 is 11.3 Å². The van der Waals surface area contributed by atoms with Crippen molar-refractivity contribution in [1.29, 1.82) is 0 Å². The molecule has 0 radical (unpaired) electrons. The van der Waals surface area contributed by atoms with Gasteiger partial charge in [-0.3, -0.25) is 9.79 Å². The number of hydrogen-bond donors (Lipinski definition) is 1. The van der Waals surface area contributed by atoms with Crippen molar-refractivity contribution in [2.24, 2.45) is 10.9 Å². The van der Waals surface area contributed by atoms with Crippen LogP contribution in [0, 0.1) is 12.8 Å². The average molecular weight is 556 g/mol. The second-order valence-corrected chi connectivity index (χ2v) is 10.3. The Kier molecular flexibility index (Phi) is 9.40. The third kappa shape index (κ3) is 7.24. The third-order valence-corrected chi connectivity index (χ3v) is 6.98. The number of pyridine rings is 1. The van der Waals surface area contributed by atoms with E-state index in [4.69, 9.17) is 0 Å². The molecule has 2 unspecified atom stereocenters. The molecular weight excluding hydrogens is 525 g/mol. The second-order valence-electron chi connectivity index (χ2n) is 9.06. The van der Waals surface area contributed by atoms with Crippen molar-refractivity contribution in [1.82, 2.24) is 14.9 Å².